The Balaban J connectivity index is 3.84. The van der Waals surface area contributed by atoms with E-state index in [-0.39, 0.29) is 5.21 Å². The van der Waals surface area contributed by atoms with Crippen LogP contribution in [0.5, 0.6) is 0 Å². The van der Waals surface area contributed by atoms with Crippen molar-refractivity contribution in [2.75, 3.05) is 11.8 Å². The van der Waals surface area contributed by atoms with Gasteiger partial charge in [-0.1, -0.05) is 20.8 Å². The minimum absolute atomic E-state index is 0.336. The maximum absolute atomic E-state index is 10.9. The minimum atomic E-state index is -3.23. The fraction of sp³-hybridized carbons (Fsp3) is 1.00. The second kappa shape index (κ2) is 5.04. The lowest BCUT2D eigenvalue weighted by molar-refractivity contribution is 0.415. The number of alkyl halides is 1. The van der Waals surface area contributed by atoms with Crippen molar-refractivity contribution in [1.29, 1.82) is 0 Å². The van der Waals surface area contributed by atoms with Crippen molar-refractivity contribution in [2.24, 2.45) is 11.8 Å². The summed E-state index contributed by atoms with van der Waals surface area (Å²) < 4.78 is 24.2. The molecule has 0 saturated carbocycles. The predicted molar refractivity (Wildman–Crippen MR) is 51.6 cm³/mol. The molecule has 0 aliphatic carbocycles. The molecule has 0 fully saturated rings. The van der Waals surface area contributed by atoms with Crippen molar-refractivity contribution in [3.8, 4) is 0 Å². The fourth-order valence-electron chi connectivity index (χ4n) is 0.533. The van der Waals surface area contributed by atoms with Crippen molar-refractivity contribution < 1.29 is 8.42 Å². The molecule has 0 aromatic heterocycles. The molecular formula is C7H16ClNO2S. The van der Waals surface area contributed by atoms with Crippen molar-refractivity contribution in [2.45, 2.75) is 20.8 Å². The van der Waals surface area contributed by atoms with Crippen LogP contribution in [0.25, 0.3) is 0 Å². The Labute approximate surface area is 79.5 Å². The Bertz CT molecular complexity index is 213. The molecule has 0 saturated heterocycles. The Kier molecular flexibility index (Phi) is 5.13. The first-order valence-corrected chi connectivity index (χ1v) is 6.11. The van der Waals surface area contributed by atoms with Gasteiger partial charge in [-0.15, -0.1) is 11.6 Å². The first-order valence-electron chi connectivity index (χ1n) is 3.92. The molecule has 1 atom stereocenters. The Morgan fingerprint density at radius 1 is 1.33 bits per heavy atom. The van der Waals surface area contributed by atoms with Gasteiger partial charge < -0.3 is 0 Å². The predicted octanol–water partition coefficient (Wildman–Crippen LogP) is 1.39. The first-order chi connectivity index (χ1) is 5.39. The SMILES string of the molecule is CC(C)C(C)CNS(=O)(=O)CCl. The van der Waals surface area contributed by atoms with E-state index in [1.807, 2.05) is 6.92 Å². The number of hydrogen-bond donors (Lipinski definition) is 1. The summed E-state index contributed by atoms with van der Waals surface area (Å²) in [6.07, 6.45) is 0. The maximum Gasteiger partial charge on any atom is 0.225 e. The molecule has 12 heavy (non-hydrogen) atoms. The van der Waals surface area contributed by atoms with Crippen LogP contribution in [0.1, 0.15) is 20.8 Å². The third-order valence-corrected chi connectivity index (χ3v) is 3.66. The van der Waals surface area contributed by atoms with E-state index in [0.717, 1.165) is 0 Å². The topological polar surface area (TPSA) is 46.2 Å². The van der Waals surface area contributed by atoms with Crippen LogP contribution < -0.4 is 4.72 Å². The van der Waals surface area contributed by atoms with E-state index in [1.165, 1.54) is 0 Å². The lowest BCUT2D eigenvalue weighted by Gasteiger charge is -2.15. The highest BCUT2D eigenvalue weighted by atomic mass is 35.5. The molecule has 1 unspecified atom stereocenters. The number of rotatable bonds is 5. The van der Waals surface area contributed by atoms with E-state index in [1.54, 1.807) is 0 Å². The minimum Gasteiger partial charge on any atom is -0.214 e. The molecule has 0 spiro atoms. The molecule has 0 aliphatic rings. The largest absolute Gasteiger partial charge is 0.225 e. The Hall–Kier alpha value is 0.200. The summed E-state index contributed by atoms with van der Waals surface area (Å²) in [5.74, 6) is 0.811. The van der Waals surface area contributed by atoms with Gasteiger partial charge in [0.25, 0.3) is 0 Å². The van der Waals surface area contributed by atoms with E-state index >= 15 is 0 Å². The summed E-state index contributed by atoms with van der Waals surface area (Å²) in [7, 11) is -3.23. The standard InChI is InChI=1S/C7H16ClNO2S/c1-6(2)7(3)4-9-12(10,11)5-8/h6-7,9H,4-5H2,1-3H3. The normalized spacial score (nSPS) is 15.1. The molecule has 0 amide bonds. The number of sulfonamides is 1. The first kappa shape index (κ1) is 12.2. The van der Waals surface area contributed by atoms with Crippen LogP contribution in [0.2, 0.25) is 0 Å². The molecule has 3 nitrogen and oxygen atoms in total. The summed E-state index contributed by atoms with van der Waals surface area (Å²) in [6.45, 7) is 6.58. The summed E-state index contributed by atoms with van der Waals surface area (Å²) in [5, 5.41) is -0.363. The summed E-state index contributed by atoms with van der Waals surface area (Å²) in [4.78, 5) is 0. The zero-order chi connectivity index (χ0) is 9.78. The van der Waals surface area contributed by atoms with Gasteiger partial charge in [-0.3, -0.25) is 0 Å². The molecule has 5 heteroatoms. The van der Waals surface area contributed by atoms with E-state index < -0.39 is 10.0 Å². The highest BCUT2D eigenvalue weighted by Crippen LogP contribution is 2.08. The lowest BCUT2D eigenvalue weighted by atomic mass is 9.99. The van der Waals surface area contributed by atoms with E-state index in [4.69, 9.17) is 11.6 Å². The van der Waals surface area contributed by atoms with Gasteiger partial charge in [0.15, 0.2) is 0 Å². The fourth-order valence-corrected chi connectivity index (χ4v) is 1.36. The van der Waals surface area contributed by atoms with Crippen molar-refractivity contribution in [3.05, 3.63) is 0 Å². The quantitative estimate of drug-likeness (QED) is 0.702. The highest BCUT2D eigenvalue weighted by Gasteiger charge is 2.12. The Morgan fingerprint density at radius 2 is 1.83 bits per heavy atom. The van der Waals surface area contributed by atoms with Crippen LogP contribution in [-0.4, -0.2) is 20.2 Å². The van der Waals surface area contributed by atoms with Gasteiger partial charge in [-0.05, 0) is 11.8 Å². The second-order valence-corrected chi connectivity index (χ2v) is 5.68. The van der Waals surface area contributed by atoms with Crippen LogP contribution in [0.3, 0.4) is 0 Å². The van der Waals surface area contributed by atoms with Gasteiger partial charge in [-0.25, -0.2) is 13.1 Å². The van der Waals surface area contributed by atoms with E-state index in [2.05, 4.69) is 18.6 Å². The molecule has 0 heterocycles. The summed E-state index contributed by atoms with van der Waals surface area (Å²) in [6, 6.07) is 0. The maximum atomic E-state index is 10.9. The monoisotopic (exact) mass is 213 g/mol. The molecule has 1 N–H and O–H groups in total. The molecule has 0 aromatic rings. The molecule has 0 radical (unpaired) electrons. The molecule has 0 aromatic carbocycles. The third-order valence-electron chi connectivity index (χ3n) is 1.91. The lowest BCUT2D eigenvalue weighted by Crippen LogP contribution is -2.30. The van der Waals surface area contributed by atoms with Crippen LogP contribution >= 0.6 is 11.6 Å². The summed E-state index contributed by atoms with van der Waals surface area (Å²) in [5.41, 5.74) is 0. The van der Waals surface area contributed by atoms with Gasteiger partial charge in [-0.2, -0.15) is 0 Å². The smallest absolute Gasteiger partial charge is 0.214 e. The average molecular weight is 214 g/mol. The van der Waals surface area contributed by atoms with Crippen molar-refractivity contribution >= 4 is 21.6 Å². The van der Waals surface area contributed by atoms with Crippen molar-refractivity contribution in [1.82, 2.24) is 4.72 Å². The van der Waals surface area contributed by atoms with E-state index in [0.29, 0.717) is 18.4 Å². The van der Waals surface area contributed by atoms with Gasteiger partial charge in [0.05, 0.1) is 0 Å². The zero-order valence-corrected chi connectivity index (χ0v) is 9.24. The molecule has 74 valence electrons. The van der Waals surface area contributed by atoms with Gasteiger partial charge in [0.2, 0.25) is 10.0 Å². The third kappa shape index (κ3) is 4.95. The number of nitrogens with one attached hydrogen (secondary N) is 1. The van der Waals surface area contributed by atoms with Crippen LogP contribution in [-0.2, 0) is 10.0 Å². The number of halogens is 1. The Morgan fingerprint density at radius 3 is 2.17 bits per heavy atom. The zero-order valence-electron chi connectivity index (χ0n) is 7.67. The van der Waals surface area contributed by atoms with Gasteiger partial charge in [0.1, 0.15) is 5.21 Å². The molecule has 0 bridgehead atoms. The van der Waals surface area contributed by atoms with Gasteiger partial charge in [0, 0.05) is 6.54 Å². The van der Waals surface area contributed by atoms with Crippen molar-refractivity contribution in [3.63, 3.8) is 0 Å². The molecular weight excluding hydrogens is 198 g/mol. The van der Waals surface area contributed by atoms with Crippen LogP contribution in [0.15, 0.2) is 0 Å². The number of hydrogen-bond acceptors (Lipinski definition) is 2. The van der Waals surface area contributed by atoms with Gasteiger partial charge >= 0.3 is 0 Å². The van der Waals surface area contributed by atoms with Crippen LogP contribution in [0, 0.1) is 11.8 Å². The molecule has 0 aliphatic heterocycles. The average Bonchev–Trinajstić information content (AvgIpc) is 2.00. The second-order valence-electron chi connectivity index (χ2n) is 3.29. The molecule has 0 rings (SSSR count). The highest BCUT2D eigenvalue weighted by molar-refractivity contribution is 7.90. The van der Waals surface area contributed by atoms with Crippen LogP contribution in [0.4, 0.5) is 0 Å². The van der Waals surface area contributed by atoms with E-state index in [9.17, 15) is 8.42 Å². The summed E-state index contributed by atoms with van der Waals surface area (Å²) >= 11 is 5.21.